The Morgan fingerprint density at radius 2 is 2.38 bits per heavy atom. The van der Waals surface area contributed by atoms with E-state index in [0.717, 1.165) is 0 Å². The number of hydrogen-bond acceptors (Lipinski definition) is 4. The van der Waals surface area contributed by atoms with Crippen LogP contribution < -0.4 is 4.74 Å². The Kier molecular flexibility index (Phi) is 2.78. The van der Waals surface area contributed by atoms with E-state index in [0.29, 0.717) is 25.6 Å². The van der Waals surface area contributed by atoms with Crippen molar-refractivity contribution in [3.05, 3.63) is 24.0 Å². The van der Waals surface area contributed by atoms with Crippen LogP contribution in [0, 0.1) is 5.41 Å². The number of carboxylic acids is 1. The van der Waals surface area contributed by atoms with Crippen LogP contribution in [-0.2, 0) is 4.74 Å². The second-order valence-electron chi connectivity index (χ2n) is 4.28. The fourth-order valence-electron chi connectivity index (χ4n) is 1.38. The molecule has 1 aliphatic heterocycles. The third-order valence-electron chi connectivity index (χ3n) is 2.44. The highest BCUT2D eigenvalue weighted by molar-refractivity contribution is 5.85. The lowest BCUT2D eigenvalue weighted by atomic mass is 9.90. The van der Waals surface area contributed by atoms with E-state index in [2.05, 4.69) is 11.9 Å². The van der Waals surface area contributed by atoms with Crippen LogP contribution in [0.25, 0.3) is 0 Å². The van der Waals surface area contributed by atoms with Gasteiger partial charge in [-0.3, -0.25) is 0 Å². The van der Waals surface area contributed by atoms with Gasteiger partial charge in [0.15, 0.2) is 0 Å². The normalized spacial score (nSPS) is 17.6. The predicted octanol–water partition coefficient (Wildman–Crippen LogP) is 1.20. The van der Waals surface area contributed by atoms with Crippen LogP contribution in [0.2, 0.25) is 0 Å². The highest BCUT2D eigenvalue weighted by Gasteiger charge is 2.34. The third kappa shape index (κ3) is 2.30. The Morgan fingerprint density at radius 3 is 2.81 bits per heavy atom. The van der Waals surface area contributed by atoms with Gasteiger partial charge in [-0.2, -0.15) is 0 Å². The molecule has 1 aromatic rings. The van der Waals surface area contributed by atoms with Crippen LogP contribution >= 0.6 is 0 Å². The molecule has 5 nitrogen and oxygen atoms in total. The van der Waals surface area contributed by atoms with Gasteiger partial charge in [0.05, 0.1) is 26.0 Å². The molecule has 0 aromatic carbocycles. The number of hydrogen-bond donors (Lipinski definition) is 1. The molecule has 0 saturated carbocycles. The second-order valence-corrected chi connectivity index (χ2v) is 4.28. The third-order valence-corrected chi connectivity index (χ3v) is 2.44. The van der Waals surface area contributed by atoms with Crippen molar-refractivity contribution in [2.75, 3.05) is 19.8 Å². The Bertz CT molecular complexity index is 383. The van der Waals surface area contributed by atoms with Crippen molar-refractivity contribution >= 4 is 5.97 Å². The molecule has 5 heteroatoms. The summed E-state index contributed by atoms with van der Waals surface area (Å²) in [5, 5.41) is 8.66. The maximum atomic E-state index is 10.6. The standard InChI is InChI=1S/C11H13NO4/c1-11(5-15-6-11)7-16-8-2-3-9(10(13)14)12-4-8/h2-4H,5-7H2,1H3,(H,13,14). The van der Waals surface area contributed by atoms with Crippen LogP contribution in [0.5, 0.6) is 5.75 Å². The minimum Gasteiger partial charge on any atom is -0.491 e. The molecule has 1 aromatic heterocycles. The van der Waals surface area contributed by atoms with Gasteiger partial charge in [0, 0.05) is 5.41 Å². The summed E-state index contributed by atoms with van der Waals surface area (Å²) < 4.78 is 10.6. The minimum atomic E-state index is -1.04. The molecule has 0 atom stereocenters. The second kappa shape index (κ2) is 4.09. The Labute approximate surface area is 93.0 Å². The highest BCUT2D eigenvalue weighted by atomic mass is 16.5. The summed E-state index contributed by atoms with van der Waals surface area (Å²) in [5.74, 6) is -0.455. The van der Waals surface area contributed by atoms with Crippen LogP contribution in [0.3, 0.4) is 0 Å². The molecular formula is C11H13NO4. The van der Waals surface area contributed by atoms with Crippen molar-refractivity contribution in [3.8, 4) is 5.75 Å². The van der Waals surface area contributed by atoms with Crippen LogP contribution in [0.4, 0.5) is 0 Å². The van der Waals surface area contributed by atoms with E-state index >= 15 is 0 Å². The molecule has 2 heterocycles. The van der Waals surface area contributed by atoms with Gasteiger partial charge in [-0.1, -0.05) is 6.92 Å². The highest BCUT2D eigenvalue weighted by Crippen LogP contribution is 2.27. The Hall–Kier alpha value is -1.62. The molecule has 0 amide bonds. The first-order chi connectivity index (χ1) is 7.59. The first-order valence-electron chi connectivity index (χ1n) is 4.99. The predicted molar refractivity (Wildman–Crippen MR) is 55.6 cm³/mol. The van der Waals surface area contributed by atoms with Crippen molar-refractivity contribution in [1.82, 2.24) is 4.98 Å². The van der Waals surface area contributed by atoms with E-state index in [9.17, 15) is 4.79 Å². The molecule has 2 rings (SSSR count). The summed E-state index contributed by atoms with van der Waals surface area (Å²) in [6.45, 7) is 4.04. The summed E-state index contributed by atoms with van der Waals surface area (Å²) in [5.41, 5.74) is 0.0939. The first-order valence-corrected chi connectivity index (χ1v) is 4.99. The average molecular weight is 223 g/mol. The molecule has 0 unspecified atom stereocenters. The maximum Gasteiger partial charge on any atom is 0.354 e. The van der Waals surface area contributed by atoms with Crippen LogP contribution in [-0.4, -0.2) is 35.9 Å². The number of aromatic nitrogens is 1. The largest absolute Gasteiger partial charge is 0.491 e. The zero-order chi connectivity index (χ0) is 11.6. The SMILES string of the molecule is CC1(COc2ccc(C(=O)O)nc2)COC1. The van der Waals surface area contributed by atoms with E-state index in [1.54, 1.807) is 6.07 Å². The van der Waals surface area contributed by atoms with Gasteiger partial charge in [-0.05, 0) is 12.1 Å². The lowest BCUT2D eigenvalue weighted by molar-refractivity contribution is -0.120. The van der Waals surface area contributed by atoms with Crippen molar-refractivity contribution in [1.29, 1.82) is 0 Å². The molecule has 1 N–H and O–H groups in total. The fraction of sp³-hybridized carbons (Fsp3) is 0.455. The molecule has 1 fully saturated rings. The zero-order valence-corrected chi connectivity index (χ0v) is 8.97. The Morgan fingerprint density at radius 1 is 1.62 bits per heavy atom. The van der Waals surface area contributed by atoms with Gasteiger partial charge in [0.2, 0.25) is 0 Å². The molecule has 1 saturated heterocycles. The van der Waals surface area contributed by atoms with Crippen molar-refractivity contribution in [2.24, 2.45) is 5.41 Å². The average Bonchev–Trinajstić information content (AvgIpc) is 2.24. The molecular weight excluding hydrogens is 210 g/mol. The summed E-state index contributed by atoms with van der Waals surface area (Å²) in [4.78, 5) is 14.3. The lowest BCUT2D eigenvalue weighted by Gasteiger charge is -2.37. The number of carboxylic acid groups (broad SMARTS) is 1. The van der Waals surface area contributed by atoms with Crippen molar-refractivity contribution in [2.45, 2.75) is 6.92 Å². The molecule has 1 aliphatic rings. The van der Waals surface area contributed by atoms with Crippen molar-refractivity contribution < 1.29 is 19.4 Å². The van der Waals surface area contributed by atoms with Gasteiger partial charge >= 0.3 is 5.97 Å². The number of carbonyl (C=O) groups is 1. The van der Waals surface area contributed by atoms with Gasteiger partial charge in [0.1, 0.15) is 11.4 Å². The quantitative estimate of drug-likeness (QED) is 0.830. The number of pyridine rings is 1. The topological polar surface area (TPSA) is 68.7 Å². The number of rotatable bonds is 4. The van der Waals surface area contributed by atoms with Gasteiger partial charge in [-0.15, -0.1) is 0 Å². The molecule has 16 heavy (non-hydrogen) atoms. The van der Waals surface area contributed by atoms with Gasteiger partial charge in [0.25, 0.3) is 0 Å². The van der Waals surface area contributed by atoms with E-state index in [1.807, 2.05) is 0 Å². The number of ether oxygens (including phenoxy) is 2. The van der Waals surface area contributed by atoms with Gasteiger partial charge in [-0.25, -0.2) is 9.78 Å². The number of aromatic carboxylic acids is 1. The fourth-order valence-corrected chi connectivity index (χ4v) is 1.38. The van der Waals surface area contributed by atoms with E-state index in [4.69, 9.17) is 14.6 Å². The summed E-state index contributed by atoms with van der Waals surface area (Å²) in [7, 11) is 0. The van der Waals surface area contributed by atoms with E-state index in [-0.39, 0.29) is 11.1 Å². The lowest BCUT2D eigenvalue weighted by Crippen LogP contribution is -2.44. The van der Waals surface area contributed by atoms with Crippen LogP contribution in [0.15, 0.2) is 18.3 Å². The molecule has 86 valence electrons. The first kappa shape index (κ1) is 10.9. The van der Waals surface area contributed by atoms with E-state index in [1.165, 1.54) is 12.3 Å². The van der Waals surface area contributed by atoms with Gasteiger partial charge < -0.3 is 14.6 Å². The summed E-state index contributed by atoms with van der Waals surface area (Å²) >= 11 is 0. The minimum absolute atomic E-state index is 0.0190. The zero-order valence-electron chi connectivity index (χ0n) is 8.97. The summed E-state index contributed by atoms with van der Waals surface area (Å²) in [6, 6.07) is 3.04. The molecule has 0 bridgehead atoms. The molecule has 0 aliphatic carbocycles. The summed E-state index contributed by atoms with van der Waals surface area (Å²) in [6.07, 6.45) is 1.42. The monoisotopic (exact) mass is 223 g/mol. The Balaban J connectivity index is 1.92. The smallest absolute Gasteiger partial charge is 0.354 e. The number of nitrogens with zero attached hydrogens (tertiary/aromatic N) is 1. The van der Waals surface area contributed by atoms with Crippen molar-refractivity contribution in [3.63, 3.8) is 0 Å². The molecule has 0 radical (unpaired) electrons. The maximum absolute atomic E-state index is 10.6. The van der Waals surface area contributed by atoms with Crippen LogP contribution in [0.1, 0.15) is 17.4 Å². The molecule has 0 spiro atoms. The van der Waals surface area contributed by atoms with E-state index < -0.39 is 5.97 Å².